The lowest BCUT2D eigenvalue weighted by Crippen LogP contribution is -2.40. The zero-order valence-corrected chi connectivity index (χ0v) is 16.4. The van der Waals surface area contributed by atoms with E-state index in [1.165, 1.54) is 16.4 Å². The average Bonchev–Trinajstić information content (AvgIpc) is 2.68. The Labute approximate surface area is 160 Å². The van der Waals surface area contributed by atoms with E-state index in [-0.39, 0.29) is 16.5 Å². The second-order valence-corrected chi connectivity index (χ2v) is 9.40. The van der Waals surface area contributed by atoms with Gasteiger partial charge in [0.25, 0.3) is 5.69 Å². The van der Waals surface area contributed by atoms with Crippen LogP contribution in [0.15, 0.2) is 23.1 Å². The van der Waals surface area contributed by atoms with Crippen molar-refractivity contribution in [2.75, 3.05) is 31.1 Å². The molecule has 0 bridgehead atoms. The van der Waals surface area contributed by atoms with Crippen molar-refractivity contribution in [2.45, 2.75) is 50.0 Å². The van der Waals surface area contributed by atoms with Gasteiger partial charge in [0.1, 0.15) is 5.69 Å². The summed E-state index contributed by atoms with van der Waals surface area (Å²) in [5.74, 6) is 0.0510. The van der Waals surface area contributed by atoms with E-state index in [0.29, 0.717) is 31.9 Å². The predicted octanol–water partition coefficient (Wildman–Crippen LogP) is 2.37. The third-order valence-electron chi connectivity index (χ3n) is 5.58. The molecule has 1 aromatic rings. The topological polar surface area (TPSA) is 104 Å². The van der Waals surface area contributed by atoms with Gasteiger partial charge in [0.15, 0.2) is 0 Å². The molecule has 0 aromatic heterocycles. The van der Waals surface area contributed by atoms with Crippen molar-refractivity contribution in [1.29, 1.82) is 0 Å². The molecule has 0 amide bonds. The molecular weight excluding hydrogens is 370 g/mol. The lowest BCUT2D eigenvalue weighted by atomic mass is 9.93. The summed E-state index contributed by atoms with van der Waals surface area (Å²) >= 11 is 0. The molecule has 2 heterocycles. The van der Waals surface area contributed by atoms with Crippen molar-refractivity contribution in [2.24, 2.45) is 5.92 Å². The number of piperidine rings is 2. The van der Waals surface area contributed by atoms with E-state index in [0.717, 1.165) is 32.1 Å². The molecule has 2 unspecified atom stereocenters. The molecule has 150 valence electrons. The summed E-state index contributed by atoms with van der Waals surface area (Å²) in [6, 6.07) is 4.20. The van der Waals surface area contributed by atoms with Crippen LogP contribution in [-0.2, 0) is 10.0 Å². The maximum absolute atomic E-state index is 12.8. The number of aliphatic hydroxyl groups excluding tert-OH is 1. The maximum atomic E-state index is 12.8. The minimum Gasteiger partial charge on any atom is -0.393 e. The first-order chi connectivity index (χ1) is 12.8. The summed E-state index contributed by atoms with van der Waals surface area (Å²) in [5.41, 5.74) is 0.224. The van der Waals surface area contributed by atoms with Gasteiger partial charge < -0.3 is 10.0 Å². The number of hydrogen-bond donors (Lipinski definition) is 1. The fraction of sp³-hybridized carbons (Fsp3) is 0.667. The van der Waals surface area contributed by atoms with E-state index in [2.05, 4.69) is 0 Å². The highest BCUT2D eigenvalue weighted by Crippen LogP contribution is 2.35. The second kappa shape index (κ2) is 8.12. The lowest BCUT2D eigenvalue weighted by molar-refractivity contribution is -0.384. The molecule has 0 aliphatic carbocycles. The van der Waals surface area contributed by atoms with Crippen LogP contribution in [0.1, 0.15) is 39.0 Å². The highest BCUT2D eigenvalue weighted by molar-refractivity contribution is 7.89. The number of aliphatic hydroxyl groups is 1. The monoisotopic (exact) mass is 397 g/mol. The van der Waals surface area contributed by atoms with Gasteiger partial charge in [0.2, 0.25) is 10.0 Å². The number of anilines is 1. The number of sulfonamides is 1. The maximum Gasteiger partial charge on any atom is 0.293 e. The fourth-order valence-corrected chi connectivity index (χ4v) is 5.49. The summed E-state index contributed by atoms with van der Waals surface area (Å²) in [6.45, 7) is 3.83. The summed E-state index contributed by atoms with van der Waals surface area (Å²) < 4.78 is 27.1. The molecule has 2 saturated heterocycles. The molecule has 0 saturated carbocycles. The SMILES string of the molecule is CC(O)C1CCCN(c2ccc(S(=O)(=O)N3CCCCC3)cc2[N+](=O)[O-])C1. The summed E-state index contributed by atoms with van der Waals surface area (Å²) in [4.78, 5) is 13.0. The first kappa shape index (κ1) is 20.0. The highest BCUT2D eigenvalue weighted by atomic mass is 32.2. The normalized spacial score (nSPS) is 23.2. The number of benzene rings is 1. The Morgan fingerprint density at radius 3 is 2.52 bits per heavy atom. The Balaban J connectivity index is 1.92. The van der Waals surface area contributed by atoms with E-state index >= 15 is 0 Å². The Morgan fingerprint density at radius 2 is 1.89 bits per heavy atom. The van der Waals surface area contributed by atoms with E-state index in [4.69, 9.17) is 0 Å². The molecule has 2 atom stereocenters. The van der Waals surface area contributed by atoms with Crippen molar-refractivity contribution in [3.05, 3.63) is 28.3 Å². The molecule has 2 aliphatic rings. The Morgan fingerprint density at radius 1 is 1.19 bits per heavy atom. The second-order valence-electron chi connectivity index (χ2n) is 7.46. The molecule has 9 heteroatoms. The highest BCUT2D eigenvalue weighted by Gasteiger charge is 2.31. The van der Waals surface area contributed by atoms with Crippen LogP contribution in [0.5, 0.6) is 0 Å². The zero-order chi connectivity index (χ0) is 19.6. The van der Waals surface area contributed by atoms with Crippen LogP contribution < -0.4 is 4.90 Å². The fourth-order valence-electron chi connectivity index (χ4n) is 3.95. The van der Waals surface area contributed by atoms with Crippen molar-refractivity contribution >= 4 is 21.4 Å². The van der Waals surface area contributed by atoms with E-state index in [1.807, 2.05) is 4.90 Å². The van der Waals surface area contributed by atoms with Crippen molar-refractivity contribution in [1.82, 2.24) is 4.31 Å². The van der Waals surface area contributed by atoms with Crippen LogP contribution in [0.3, 0.4) is 0 Å². The largest absolute Gasteiger partial charge is 0.393 e. The van der Waals surface area contributed by atoms with Crippen LogP contribution in [0.25, 0.3) is 0 Å². The Bertz CT molecular complexity index is 790. The van der Waals surface area contributed by atoms with Gasteiger partial charge in [-0.05, 0) is 44.7 Å². The Hall–Kier alpha value is -1.71. The van der Waals surface area contributed by atoms with Crippen LogP contribution in [0, 0.1) is 16.0 Å². The number of hydrogen-bond acceptors (Lipinski definition) is 6. The third-order valence-corrected chi connectivity index (χ3v) is 7.47. The summed E-state index contributed by atoms with van der Waals surface area (Å²) in [7, 11) is -3.72. The minimum absolute atomic E-state index is 0.0241. The van der Waals surface area contributed by atoms with Crippen LogP contribution in [0.4, 0.5) is 11.4 Å². The average molecular weight is 397 g/mol. The molecule has 1 N–H and O–H groups in total. The van der Waals surface area contributed by atoms with E-state index < -0.39 is 21.1 Å². The minimum atomic E-state index is -3.72. The zero-order valence-electron chi connectivity index (χ0n) is 15.6. The van der Waals surface area contributed by atoms with Gasteiger partial charge in [-0.3, -0.25) is 10.1 Å². The smallest absolute Gasteiger partial charge is 0.293 e. The number of nitrogens with zero attached hydrogens (tertiary/aromatic N) is 3. The quantitative estimate of drug-likeness (QED) is 0.604. The molecule has 0 radical (unpaired) electrons. The van der Waals surface area contributed by atoms with Gasteiger partial charge in [-0.2, -0.15) is 4.31 Å². The van der Waals surface area contributed by atoms with E-state index in [9.17, 15) is 23.6 Å². The van der Waals surface area contributed by atoms with Gasteiger partial charge >= 0.3 is 0 Å². The molecular formula is C18H27N3O5S. The number of rotatable bonds is 5. The van der Waals surface area contributed by atoms with Crippen molar-refractivity contribution < 1.29 is 18.4 Å². The lowest BCUT2D eigenvalue weighted by Gasteiger charge is -2.35. The van der Waals surface area contributed by atoms with Crippen LogP contribution in [-0.4, -0.2) is 55.0 Å². The molecule has 1 aromatic carbocycles. The number of nitro benzene ring substituents is 1. The molecule has 3 rings (SSSR count). The summed E-state index contributed by atoms with van der Waals surface area (Å²) in [6.07, 6.45) is 3.86. The third kappa shape index (κ3) is 4.25. The van der Waals surface area contributed by atoms with Gasteiger partial charge in [0.05, 0.1) is 15.9 Å². The van der Waals surface area contributed by atoms with Gasteiger partial charge in [-0.15, -0.1) is 0 Å². The first-order valence-corrected chi connectivity index (χ1v) is 11.0. The molecule has 8 nitrogen and oxygen atoms in total. The molecule has 2 aliphatic heterocycles. The van der Waals surface area contributed by atoms with Crippen molar-refractivity contribution in [3.8, 4) is 0 Å². The van der Waals surface area contributed by atoms with E-state index in [1.54, 1.807) is 13.0 Å². The van der Waals surface area contributed by atoms with Crippen LogP contribution >= 0.6 is 0 Å². The van der Waals surface area contributed by atoms with Crippen molar-refractivity contribution in [3.63, 3.8) is 0 Å². The molecule has 27 heavy (non-hydrogen) atoms. The van der Waals surface area contributed by atoms with Gasteiger partial charge in [-0.25, -0.2) is 8.42 Å². The Kier molecular flexibility index (Phi) is 6.02. The van der Waals surface area contributed by atoms with Crippen LogP contribution in [0.2, 0.25) is 0 Å². The molecule has 0 spiro atoms. The predicted molar refractivity (Wildman–Crippen MR) is 102 cm³/mol. The van der Waals surface area contributed by atoms with Gasteiger partial charge in [-0.1, -0.05) is 6.42 Å². The van der Waals surface area contributed by atoms with Gasteiger partial charge in [0, 0.05) is 38.2 Å². The summed E-state index contributed by atoms with van der Waals surface area (Å²) in [5, 5.41) is 21.5. The first-order valence-electron chi connectivity index (χ1n) is 9.52. The number of nitro groups is 1. The molecule has 2 fully saturated rings. The standard InChI is InChI=1S/C18H27N3O5S/c1-14(22)15-6-5-9-19(13-15)17-8-7-16(12-18(17)21(23)24)27(25,26)20-10-3-2-4-11-20/h7-8,12,14-15,22H,2-6,9-11,13H2,1H3.